The van der Waals surface area contributed by atoms with E-state index >= 15 is 0 Å². The number of hydrogen-bond donors (Lipinski definition) is 1. The third kappa shape index (κ3) is 3.87. The molecule has 1 fully saturated rings. The van der Waals surface area contributed by atoms with Gasteiger partial charge in [-0.1, -0.05) is 11.2 Å². The Hall–Kier alpha value is -2.83. The number of carboxylic acid groups (broad SMARTS) is 1. The van der Waals surface area contributed by atoms with Gasteiger partial charge in [-0.15, -0.1) is 0 Å². The van der Waals surface area contributed by atoms with Crippen LogP contribution in [0, 0.1) is 19.8 Å². The molecule has 0 bridgehead atoms. The molecule has 2 heterocycles. The number of piperidine rings is 1. The SMILES string of the molecule is Cc1noc(C)c1COc1cccc(C(=O)N2CCC[C@H](C(=O)O)C2)c1. The maximum atomic E-state index is 12.7. The second-order valence-electron chi connectivity index (χ2n) is 6.55. The third-order valence-electron chi connectivity index (χ3n) is 4.70. The Bertz CT molecular complexity index is 795. The van der Waals surface area contributed by atoms with Crippen molar-refractivity contribution < 1.29 is 24.0 Å². The largest absolute Gasteiger partial charge is 0.489 e. The van der Waals surface area contributed by atoms with Crippen LogP contribution in [0.25, 0.3) is 0 Å². The molecule has 138 valence electrons. The van der Waals surface area contributed by atoms with Crippen molar-refractivity contribution in [1.29, 1.82) is 0 Å². The lowest BCUT2D eigenvalue weighted by Crippen LogP contribution is -2.42. The molecule has 0 spiro atoms. The van der Waals surface area contributed by atoms with E-state index in [0.29, 0.717) is 43.1 Å². The topological polar surface area (TPSA) is 92.9 Å². The minimum Gasteiger partial charge on any atom is -0.489 e. The quantitative estimate of drug-likeness (QED) is 0.883. The first kappa shape index (κ1) is 18.0. The minimum absolute atomic E-state index is 0.168. The van der Waals surface area contributed by atoms with Crippen molar-refractivity contribution in [1.82, 2.24) is 10.1 Å². The van der Waals surface area contributed by atoms with E-state index in [1.807, 2.05) is 13.8 Å². The molecule has 3 rings (SSSR count). The summed E-state index contributed by atoms with van der Waals surface area (Å²) in [5, 5.41) is 13.1. The van der Waals surface area contributed by atoms with Crippen molar-refractivity contribution in [2.24, 2.45) is 5.92 Å². The van der Waals surface area contributed by atoms with Gasteiger partial charge in [0, 0.05) is 18.7 Å². The summed E-state index contributed by atoms with van der Waals surface area (Å²) in [4.78, 5) is 25.5. The van der Waals surface area contributed by atoms with E-state index in [9.17, 15) is 14.7 Å². The molecule has 1 atom stereocenters. The maximum absolute atomic E-state index is 12.7. The average Bonchev–Trinajstić information content (AvgIpc) is 2.97. The molecule has 0 aliphatic carbocycles. The van der Waals surface area contributed by atoms with Gasteiger partial charge in [0.2, 0.25) is 0 Å². The number of aliphatic carboxylic acids is 1. The lowest BCUT2D eigenvalue weighted by atomic mass is 9.97. The van der Waals surface area contributed by atoms with Crippen molar-refractivity contribution in [3.05, 3.63) is 46.8 Å². The van der Waals surface area contributed by atoms with E-state index in [1.165, 1.54) is 0 Å². The number of rotatable bonds is 5. The summed E-state index contributed by atoms with van der Waals surface area (Å²) in [6.45, 7) is 4.81. The summed E-state index contributed by atoms with van der Waals surface area (Å²) in [5.74, 6) is -0.227. The molecular formula is C19H22N2O5. The predicted molar refractivity (Wildman–Crippen MR) is 93.0 cm³/mol. The van der Waals surface area contributed by atoms with Crippen molar-refractivity contribution >= 4 is 11.9 Å². The Kier molecular flexibility index (Phi) is 5.25. The van der Waals surface area contributed by atoms with Crippen LogP contribution in [0.1, 0.15) is 40.2 Å². The summed E-state index contributed by atoms with van der Waals surface area (Å²) < 4.78 is 10.9. The first-order valence-corrected chi connectivity index (χ1v) is 8.62. The average molecular weight is 358 g/mol. The zero-order valence-electron chi connectivity index (χ0n) is 14.9. The van der Waals surface area contributed by atoms with Crippen LogP contribution in [-0.4, -0.2) is 40.1 Å². The molecule has 7 heteroatoms. The zero-order valence-corrected chi connectivity index (χ0v) is 14.9. The molecular weight excluding hydrogens is 336 g/mol. The van der Waals surface area contributed by atoms with Crippen LogP contribution < -0.4 is 4.74 Å². The molecule has 1 aliphatic heterocycles. The lowest BCUT2D eigenvalue weighted by molar-refractivity contribution is -0.143. The van der Waals surface area contributed by atoms with Gasteiger partial charge in [0.05, 0.1) is 17.2 Å². The van der Waals surface area contributed by atoms with Crippen LogP contribution in [0.3, 0.4) is 0 Å². The Morgan fingerprint density at radius 2 is 2.19 bits per heavy atom. The number of hydrogen-bond acceptors (Lipinski definition) is 5. The van der Waals surface area contributed by atoms with Gasteiger partial charge in [-0.25, -0.2) is 0 Å². The monoisotopic (exact) mass is 358 g/mol. The number of amides is 1. The molecule has 7 nitrogen and oxygen atoms in total. The van der Waals surface area contributed by atoms with Crippen LogP contribution >= 0.6 is 0 Å². The number of carboxylic acids is 1. The predicted octanol–water partition coefficient (Wildman–Crippen LogP) is 2.81. The molecule has 2 aromatic rings. The van der Waals surface area contributed by atoms with E-state index in [2.05, 4.69) is 5.16 Å². The molecule has 1 aromatic heterocycles. The van der Waals surface area contributed by atoms with Gasteiger partial charge in [-0.05, 0) is 44.9 Å². The van der Waals surface area contributed by atoms with E-state index in [1.54, 1.807) is 29.2 Å². The van der Waals surface area contributed by atoms with Crippen molar-refractivity contribution in [3.8, 4) is 5.75 Å². The molecule has 0 radical (unpaired) electrons. The van der Waals surface area contributed by atoms with E-state index in [-0.39, 0.29) is 12.5 Å². The number of aryl methyl sites for hydroxylation is 2. The molecule has 1 aromatic carbocycles. The highest BCUT2D eigenvalue weighted by Gasteiger charge is 2.28. The summed E-state index contributed by atoms with van der Waals surface area (Å²) in [6, 6.07) is 6.94. The van der Waals surface area contributed by atoms with Crippen LogP contribution in [0.15, 0.2) is 28.8 Å². The smallest absolute Gasteiger partial charge is 0.308 e. The third-order valence-corrected chi connectivity index (χ3v) is 4.70. The van der Waals surface area contributed by atoms with Crippen molar-refractivity contribution in [2.45, 2.75) is 33.3 Å². The number of nitrogens with zero attached hydrogens (tertiary/aromatic N) is 2. The number of carbonyl (C=O) groups excluding carboxylic acids is 1. The van der Waals surface area contributed by atoms with Gasteiger partial charge < -0.3 is 19.3 Å². The van der Waals surface area contributed by atoms with Gasteiger partial charge >= 0.3 is 5.97 Å². The molecule has 26 heavy (non-hydrogen) atoms. The highest BCUT2D eigenvalue weighted by molar-refractivity contribution is 5.95. The number of aromatic nitrogens is 1. The highest BCUT2D eigenvalue weighted by Crippen LogP contribution is 2.22. The van der Waals surface area contributed by atoms with E-state index in [0.717, 1.165) is 11.3 Å². The van der Waals surface area contributed by atoms with Crippen LogP contribution in [0.2, 0.25) is 0 Å². The van der Waals surface area contributed by atoms with E-state index < -0.39 is 11.9 Å². The second-order valence-corrected chi connectivity index (χ2v) is 6.55. The number of ether oxygens (including phenoxy) is 1. The number of carbonyl (C=O) groups is 2. The summed E-state index contributed by atoms with van der Waals surface area (Å²) in [5.41, 5.74) is 2.16. The molecule has 1 N–H and O–H groups in total. The second kappa shape index (κ2) is 7.59. The van der Waals surface area contributed by atoms with Crippen molar-refractivity contribution in [3.63, 3.8) is 0 Å². The highest BCUT2D eigenvalue weighted by atomic mass is 16.5. The van der Waals surface area contributed by atoms with Gasteiger partial charge in [0.1, 0.15) is 18.1 Å². The van der Waals surface area contributed by atoms with Crippen molar-refractivity contribution in [2.75, 3.05) is 13.1 Å². The van der Waals surface area contributed by atoms with Gasteiger partial charge in [-0.3, -0.25) is 9.59 Å². The Morgan fingerprint density at radius 1 is 1.38 bits per heavy atom. The fourth-order valence-electron chi connectivity index (χ4n) is 3.13. The molecule has 1 amide bonds. The Morgan fingerprint density at radius 3 is 2.88 bits per heavy atom. The maximum Gasteiger partial charge on any atom is 0.308 e. The first-order valence-electron chi connectivity index (χ1n) is 8.62. The fraction of sp³-hybridized carbons (Fsp3) is 0.421. The van der Waals surface area contributed by atoms with Crippen LogP contribution in [0.5, 0.6) is 5.75 Å². The van der Waals surface area contributed by atoms with Gasteiger partial charge in [0.25, 0.3) is 5.91 Å². The summed E-state index contributed by atoms with van der Waals surface area (Å²) in [6.07, 6.45) is 1.31. The van der Waals surface area contributed by atoms with Gasteiger partial charge in [-0.2, -0.15) is 0 Å². The first-order chi connectivity index (χ1) is 12.5. The molecule has 0 saturated carbocycles. The van der Waals surface area contributed by atoms with Crippen LogP contribution in [-0.2, 0) is 11.4 Å². The Labute approximate surface area is 151 Å². The number of likely N-dealkylation sites (tertiary alicyclic amines) is 1. The molecule has 0 unspecified atom stereocenters. The van der Waals surface area contributed by atoms with Crippen LogP contribution in [0.4, 0.5) is 0 Å². The molecule has 1 aliphatic rings. The molecule has 1 saturated heterocycles. The summed E-state index contributed by atoms with van der Waals surface area (Å²) >= 11 is 0. The zero-order chi connectivity index (χ0) is 18.7. The Balaban J connectivity index is 1.68. The number of benzene rings is 1. The minimum atomic E-state index is -0.848. The fourth-order valence-corrected chi connectivity index (χ4v) is 3.13. The summed E-state index contributed by atoms with van der Waals surface area (Å²) in [7, 11) is 0. The van der Waals surface area contributed by atoms with Gasteiger partial charge in [0.15, 0.2) is 0 Å². The standard InChI is InChI=1S/C19H22N2O5/c1-12-17(13(2)26-20-12)11-25-16-7-3-5-14(9-16)18(22)21-8-4-6-15(10-21)19(23)24/h3,5,7,9,15H,4,6,8,10-11H2,1-2H3,(H,23,24)/t15-/m0/s1. The normalized spacial score (nSPS) is 17.2. The lowest BCUT2D eigenvalue weighted by Gasteiger charge is -2.30. The van der Waals surface area contributed by atoms with E-state index in [4.69, 9.17) is 9.26 Å².